The van der Waals surface area contributed by atoms with Crippen molar-refractivity contribution in [2.45, 2.75) is 57.5 Å². The molecule has 0 unspecified atom stereocenters. The van der Waals surface area contributed by atoms with E-state index in [1.165, 1.54) is 17.5 Å². The van der Waals surface area contributed by atoms with E-state index in [-0.39, 0.29) is 11.5 Å². The monoisotopic (exact) mass is 365 g/mol. The van der Waals surface area contributed by atoms with E-state index in [1.807, 2.05) is 25.7 Å². The summed E-state index contributed by atoms with van der Waals surface area (Å²) in [4.78, 5) is 14.1. The number of hydrogen-bond donors (Lipinski definition) is 0. The van der Waals surface area contributed by atoms with Gasteiger partial charge in [-0.1, -0.05) is 22.0 Å². The third-order valence-corrected chi connectivity index (χ3v) is 5.38. The highest BCUT2D eigenvalue weighted by Gasteiger charge is 2.42. The van der Waals surface area contributed by atoms with Gasteiger partial charge in [0.05, 0.1) is 0 Å². The van der Waals surface area contributed by atoms with Crippen molar-refractivity contribution in [2.24, 2.45) is 0 Å². The van der Waals surface area contributed by atoms with Crippen LogP contribution in [0.5, 0.6) is 0 Å². The molecule has 0 aromatic heterocycles. The zero-order chi connectivity index (χ0) is 16.0. The van der Waals surface area contributed by atoms with Crippen LogP contribution in [0.1, 0.15) is 51.2 Å². The standard InChI is InChI=1S/C18H24BrNO2/c1-17(2,3)22-16(21)20-10-8-18(9-11-20)7-6-13-12-14(19)4-5-15(13)18/h4-5,12H,6-11H2,1-3H3. The molecule has 0 saturated carbocycles. The number of ether oxygens (including phenoxy) is 1. The Hall–Kier alpha value is -1.03. The van der Waals surface area contributed by atoms with Gasteiger partial charge in [-0.25, -0.2) is 4.79 Å². The van der Waals surface area contributed by atoms with E-state index in [2.05, 4.69) is 34.1 Å². The Morgan fingerprint density at radius 2 is 1.91 bits per heavy atom. The summed E-state index contributed by atoms with van der Waals surface area (Å²) in [6.07, 6.45) is 4.28. The molecule has 0 radical (unpaired) electrons. The van der Waals surface area contributed by atoms with E-state index in [4.69, 9.17) is 4.74 Å². The Morgan fingerprint density at radius 3 is 2.55 bits per heavy atom. The summed E-state index contributed by atoms with van der Waals surface area (Å²) >= 11 is 3.56. The highest BCUT2D eigenvalue weighted by Crippen LogP contribution is 2.46. The van der Waals surface area contributed by atoms with E-state index >= 15 is 0 Å². The minimum Gasteiger partial charge on any atom is -0.444 e. The average molecular weight is 366 g/mol. The molecule has 0 atom stereocenters. The van der Waals surface area contributed by atoms with E-state index in [1.54, 1.807) is 0 Å². The number of aryl methyl sites for hydroxylation is 1. The van der Waals surface area contributed by atoms with Crippen molar-refractivity contribution < 1.29 is 9.53 Å². The van der Waals surface area contributed by atoms with Crippen LogP contribution in [-0.2, 0) is 16.6 Å². The van der Waals surface area contributed by atoms with Crippen LogP contribution >= 0.6 is 15.9 Å². The van der Waals surface area contributed by atoms with Gasteiger partial charge in [-0.05, 0) is 75.1 Å². The van der Waals surface area contributed by atoms with E-state index in [0.29, 0.717) is 0 Å². The third-order valence-electron chi connectivity index (χ3n) is 4.88. The van der Waals surface area contributed by atoms with Gasteiger partial charge in [-0.2, -0.15) is 0 Å². The molecule has 1 fully saturated rings. The number of carbonyl (C=O) groups is 1. The van der Waals surface area contributed by atoms with Gasteiger partial charge < -0.3 is 9.64 Å². The second kappa shape index (κ2) is 5.55. The molecule has 3 nitrogen and oxygen atoms in total. The number of likely N-dealkylation sites (tertiary alicyclic amines) is 1. The quantitative estimate of drug-likeness (QED) is 0.668. The van der Waals surface area contributed by atoms with Crippen LogP contribution in [0.25, 0.3) is 0 Å². The molecule has 2 aliphatic rings. The van der Waals surface area contributed by atoms with Crippen LogP contribution in [0.4, 0.5) is 4.79 Å². The van der Waals surface area contributed by atoms with Crippen molar-refractivity contribution in [3.63, 3.8) is 0 Å². The fourth-order valence-corrected chi connectivity index (χ4v) is 4.17. The molecule has 3 rings (SSSR count). The Bertz CT molecular complexity index is 583. The van der Waals surface area contributed by atoms with Gasteiger partial charge in [0.1, 0.15) is 5.60 Å². The van der Waals surface area contributed by atoms with E-state index in [0.717, 1.165) is 36.8 Å². The molecule has 1 aliphatic carbocycles. The SMILES string of the molecule is CC(C)(C)OC(=O)N1CCC2(CCc3cc(Br)ccc32)CC1. The molecular weight excluding hydrogens is 342 g/mol. The highest BCUT2D eigenvalue weighted by molar-refractivity contribution is 9.10. The van der Waals surface area contributed by atoms with E-state index < -0.39 is 5.60 Å². The van der Waals surface area contributed by atoms with Crippen molar-refractivity contribution in [1.29, 1.82) is 0 Å². The fourth-order valence-electron chi connectivity index (χ4n) is 3.76. The lowest BCUT2D eigenvalue weighted by atomic mass is 9.74. The third kappa shape index (κ3) is 3.03. The molecule has 22 heavy (non-hydrogen) atoms. The number of halogens is 1. The van der Waals surface area contributed by atoms with Crippen LogP contribution in [0, 0.1) is 0 Å². The largest absolute Gasteiger partial charge is 0.444 e. The number of rotatable bonds is 0. The molecule has 120 valence electrons. The minimum atomic E-state index is -0.418. The van der Waals surface area contributed by atoms with Gasteiger partial charge in [0.25, 0.3) is 0 Å². The summed E-state index contributed by atoms with van der Waals surface area (Å²) in [5.74, 6) is 0. The molecule has 1 aromatic rings. The van der Waals surface area contributed by atoms with Crippen molar-refractivity contribution in [3.05, 3.63) is 33.8 Å². The maximum Gasteiger partial charge on any atom is 0.410 e. The second-order valence-corrected chi connectivity index (χ2v) is 8.46. The van der Waals surface area contributed by atoms with Crippen molar-refractivity contribution in [1.82, 2.24) is 4.90 Å². The number of piperidine rings is 1. The number of benzene rings is 1. The molecule has 0 bridgehead atoms. The van der Waals surface area contributed by atoms with Crippen LogP contribution in [0.2, 0.25) is 0 Å². The molecular formula is C18H24BrNO2. The molecule has 0 N–H and O–H groups in total. The number of fused-ring (bicyclic) bond motifs is 2. The first-order valence-electron chi connectivity index (χ1n) is 8.06. The molecule has 1 aromatic carbocycles. The van der Waals surface area contributed by atoms with Gasteiger partial charge in [-0.15, -0.1) is 0 Å². The van der Waals surface area contributed by atoms with Crippen LogP contribution < -0.4 is 0 Å². The van der Waals surface area contributed by atoms with Crippen LogP contribution in [0.3, 0.4) is 0 Å². The number of amides is 1. The number of carbonyl (C=O) groups excluding carboxylic acids is 1. The molecule has 1 aliphatic heterocycles. The lowest BCUT2D eigenvalue weighted by Gasteiger charge is -2.40. The predicted molar refractivity (Wildman–Crippen MR) is 91.2 cm³/mol. The van der Waals surface area contributed by atoms with Crippen LogP contribution in [-0.4, -0.2) is 29.7 Å². The highest BCUT2D eigenvalue weighted by atomic mass is 79.9. The number of nitrogens with zero attached hydrogens (tertiary/aromatic N) is 1. The molecule has 1 saturated heterocycles. The van der Waals surface area contributed by atoms with Gasteiger partial charge in [-0.3, -0.25) is 0 Å². The summed E-state index contributed by atoms with van der Waals surface area (Å²) in [7, 11) is 0. The minimum absolute atomic E-state index is 0.170. The van der Waals surface area contributed by atoms with E-state index in [9.17, 15) is 4.79 Å². The Balaban J connectivity index is 1.69. The molecule has 1 amide bonds. The maximum absolute atomic E-state index is 12.2. The average Bonchev–Trinajstić information content (AvgIpc) is 2.76. The molecule has 4 heteroatoms. The van der Waals surface area contributed by atoms with Crippen molar-refractivity contribution in [2.75, 3.05) is 13.1 Å². The Morgan fingerprint density at radius 1 is 1.23 bits per heavy atom. The summed E-state index contributed by atoms with van der Waals surface area (Å²) in [5.41, 5.74) is 2.83. The summed E-state index contributed by atoms with van der Waals surface area (Å²) in [5, 5.41) is 0. The number of hydrogen-bond acceptors (Lipinski definition) is 2. The lowest BCUT2D eigenvalue weighted by molar-refractivity contribution is 0.0164. The zero-order valence-electron chi connectivity index (χ0n) is 13.6. The predicted octanol–water partition coefficient (Wildman–Crippen LogP) is 4.66. The van der Waals surface area contributed by atoms with Gasteiger partial charge in [0.2, 0.25) is 0 Å². The van der Waals surface area contributed by atoms with Crippen LogP contribution in [0.15, 0.2) is 22.7 Å². The first-order chi connectivity index (χ1) is 10.3. The summed E-state index contributed by atoms with van der Waals surface area (Å²) < 4.78 is 6.66. The second-order valence-electron chi connectivity index (χ2n) is 7.55. The van der Waals surface area contributed by atoms with Crippen molar-refractivity contribution >= 4 is 22.0 Å². The summed E-state index contributed by atoms with van der Waals surface area (Å²) in [6.45, 7) is 7.35. The Labute approximate surface area is 141 Å². The van der Waals surface area contributed by atoms with Gasteiger partial charge >= 0.3 is 6.09 Å². The topological polar surface area (TPSA) is 29.5 Å². The molecule has 1 heterocycles. The lowest BCUT2D eigenvalue weighted by Crippen LogP contribution is -2.46. The first-order valence-corrected chi connectivity index (χ1v) is 8.85. The zero-order valence-corrected chi connectivity index (χ0v) is 15.2. The van der Waals surface area contributed by atoms with Gasteiger partial charge in [0.15, 0.2) is 0 Å². The maximum atomic E-state index is 12.2. The van der Waals surface area contributed by atoms with Crippen molar-refractivity contribution in [3.8, 4) is 0 Å². The summed E-state index contributed by atoms with van der Waals surface area (Å²) in [6, 6.07) is 6.67. The first kappa shape index (κ1) is 15.9. The fraction of sp³-hybridized carbons (Fsp3) is 0.611. The molecule has 1 spiro atoms. The Kier molecular flexibility index (Phi) is 4.00. The van der Waals surface area contributed by atoms with Gasteiger partial charge in [0, 0.05) is 17.6 Å². The smallest absolute Gasteiger partial charge is 0.410 e. The normalized spacial score (nSPS) is 20.1.